The summed E-state index contributed by atoms with van der Waals surface area (Å²) in [6.45, 7) is -0.587. The van der Waals surface area contributed by atoms with E-state index in [2.05, 4.69) is 0 Å². The van der Waals surface area contributed by atoms with Gasteiger partial charge in [0, 0.05) is 0 Å². The topological polar surface area (TPSA) is 127 Å². The molecule has 0 amide bonds. The molecule has 1 fully saturated rings. The number of phenols is 1. The van der Waals surface area contributed by atoms with Crippen molar-refractivity contribution in [3.63, 3.8) is 0 Å². The lowest BCUT2D eigenvalue weighted by Crippen LogP contribution is -2.60. The van der Waals surface area contributed by atoms with Crippen LogP contribution in [-0.4, -0.2) is 68.4 Å². The zero-order valence-electron chi connectivity index (χ0n) is 11.6. The minimum Gasteiger partial charge on any atom is -0.508 e. The summed E-state index contributed by atoms with van der Waals surface area (Å²) in [6.07, 6.45) is -4.53. The number of ether oxygens (including phenoxy) is 1. The van der Waals surface area contributed by atoms with E-state index >= 15 is 0 Å². The Labute approximate surface area is 126 Å². The fraction of sp³-hybridized carbons (Fsp3) is 0.400. The van der Waals surface area contributed by atoms with Crippen molar-refractivity contribution in [3.8, 4) is 5.75 Å². The minimum absolute atomic E-state index is 0.0948. The lowest BCUT2D eigenvalue weighted by atomic mass is 9.93. The first-order valence-corrected chi connectivity index (χ1v) is 6.75. The van der Waals surface area contributed by atoms with Gasteiger partial charge in [0.15, 0.2) is 5.78 Å². The van der Waals surface area contributed by atoms with Crippen LogP contribution in [0.15, 0.2) is 30.3 Å². The number of aliphatic hydroxyl groups is 4. The molecule has 7 heteroatoms. The van der Waals surface area contributed by atoms with E-state index in [1.807, 2.05) is 0 Å². The summed E-state index contributed by atoms with van der Waals surface area (Å²) in [5.74, 6) is -0.512. The molecule has 0 spiro atoms. The third-order valence-corrected chi connectivity index (χ3v) is 3.51. The minimum atomic E-state index is -1.59. The first-order valence-electron chi connectivity index (χ1n) is 6.75. The molecule has 1 saturated heterocycles. The van der Waals surface area contributed by atoms with Crippen LogP contribution < -0.4 is 0 Å². The number of ketones is 1. The Hall–Kier alpha value is -1.77. The zero-order valence-corrected chi connectivity index (χ0v) is 11.6. The summed E-state index contributed by atoms with van der Waals surface area (Å²) < 4.78 is 5.15. The van der Waals surface area contributed by atoms with Gasteiger partial charge in [0.05, 0.1) is 6.61 Å². The Morgan fingerprint density at radius 2 is 1.73 bits per heavy atom. The lowest BCUT2D eigenvalue weighted by molar-refractivity contribution is -0.224. The van der Waals surface area contributed by atoms with Crippen molar-refractivity contribution in [3.05, 3.63) is 35.9 Å². The number of hydrogen-bond acceptors (Lipinski definition) is 7. The van der Waals surface area contributed by atoms with E-state index in [9.17, 15) is 20.1 Å². The van der Waals surface area contributed by atoms with Crippen LogP contribution in [0.25, 0.3) is 6.08 Å². The summed E-state index contributed by atoms with van der Waals surface area (Å²) >= 11 is 0. The Morgan fingerprint density at radius 1 is 1.09 bits per heavy atom. The molecule has 7 nitrogen and oxygen atoms in total. The molecule has 1 aliphatic heterocycles. The molecule has 0 saturated carbocycles. The zero-order chi connectivity index (χ0) is 16.3. The van der Waals surface area contributed by atoms with Crippen LogP contribution in [0, 0.1) is 0 Å². The first kappa shape index (κ1) is 16.6. The van der Waals surface area contributed by atoms with Gasteiger partial charge < -0.3 is 30.3 Å². The van der Waals surface area contributed by atoms with Gasteiger partial charge >= 0.3 is 0 Å². The second-order valence-corrected chi connectivity index (χ2v) is 5.08. The number of carbonyl (C=O) groups excluding carboxylic acids is 1. The average molecular weight is 310 g/mol. The molecule has 5 N–H and O–H groups in total. The average Bonchev–Trinajstić information content (AvgIpc) is 2.52. The van der Waals surface area contributed by atoms with Crippen LogP contribution in [0.3, 0.4) is 0 Å². The summed E-state index contributed by atoms with van der Waals surface area (Å²) in [4.78, 5) is 12.1. The largest absolute Gasteiger partial charge is 0.508 e. The van der Waals surface area contributed by atoms with Crippen molar-refractivity contribution >= 4 is 11.9 Å². The molecule has 120 valence electrons. The molecule has 0 aliphatic carbocycles. The molecule has 22 heavy (non-hydrogen) atoms. The SMILES string of the molecule is O=C(C=Cc1ccc(O)cc1)C1O[C@H](CO)[C@@H](O)[C@H](O)[C@H]1O. The normalized spacial score (nSPS) is 32.3. The highest BCUT2D eigenvalue weighted by atomic mass is 16.5. The maximum Gasteiger partial charge on any atom is 0.187 e. The van der Waals surface area contributed by atoms with Gasteiger partial charge in [-0.3, -0.25) is 4.79 Å². The van der Waals surface area contributed by atoms with Crippen molar-refractivity contribution in [2.45, 2.75) is 30.5 Å². The molecule has 1 aromatic carbocycles. The van der Waals surface area contributed by atoms with E-state index in [0.717, 1.165) is 0 Å². The number of benzene rings is 1. The molecular formula is C15H18O7. The lowest BCUT2D eigenvalue weighted by Gasteiger charge is -2.38. The third-order valence-electron chi connectivity index (χ3n) is 3.51. The predicted molar refractivity (Wildman–Crippen MR) is 75.9 cm³/mol. The smallest absolute Gasteiger partial charge is 0.187 e. The van der Waals surface area contributed by atoms with Crippen molar-refractivity contribution in [2.75, 3.05) is 6.61 Å². The van der Waals surface area contributed by atoms with Gasteiger partial charge in [-0.25, -0.2) is 0 Å². The van der Waals surface area contributed by atoms with Gasteiger partial charge in [-0.1, -0.05) is 18.2 Å². The maximum absolute atomic E-state index is 12.1. The Kier molecular flexibility index (Phi) is 5.28. The molecular weight excluding hydrogens is 292 g/mol. The number of hydrogen-bond donors (Lipinski definition) is 5. The second-order valence-electron chi connectivity index (χ2n) is 5.08. The van der Waals surface area contributed by atoms with Crippen molar-refractivity contribution < 1.29 is 35.1 Å². The third kappa shape index (κ3) is 3.52. The molecule has 1 aromatic rings. The van der Waals surface area contributed by atoms with E-state index < -0.39 is 42.9 Å². The van der Waals surface area contributed by atoms with Crippen molar-refractivity contribution in [2.24, 2.45) is 0 Å². The maximum atomic E-state index is 12.1. The standard InChI is InChI=1S/C15H18O7/c16-7-11-12(19)13(20)14(21)15(22-11)10(18)6-3-8-1-4-9(17)5-2-8/h1-6,11-17,19-21H,7H2/t11-,12-,13+,14-,15?/m1/s1. The van der Waals surface area contributed by atoms with Gasteiger partial charge in [-0.05, 0) is 23.8 Å². The molecule has 1 unspecified atom stereocenters. The summed E-state index contributed by atoms with van der Waals surface area (Å²) in [6, 6.07) is 6.09. The number of aliphatic hydroxyl groups excluding tert-OH is 4. The van der Waals surface area contributed by atoms with E-state index in [0.29, 0.717) is 5.56 Å². The van der Waals surface area contributed by atoms with Crippen LogP contribution in [0.2, 0.25) is 0 Å². The van der Waals surface area contributed by atoms with E-state index in [1.54, 1.807) is 12.1 Å². The highest BCUT2D eigenvalue weighted by molar-refractivity contribution is 5.97. The predicted octanol–water partition coefficient (Wildman–Crippen LogP) is -1.18. The summed E-state index contributed by atoms with van der Waals surface area (Å²) in [7, 11) is 0. The first-order chi connectivity index (χ1) is 10.4. The second kappa shape index (κ2) is 6.99. The van der Waals surface area contributed by atoms with Crippen LogP contribution >= 0.6 is 0 Å². The summed E-state index contributed by atoms with van der Waals surface area (Å²) in [5.41, 5.74) is 0.649. The fourth-order valence-electron chi connectivity index (χ4n) is 2.20. The Morgan fingerprint density at radius 3 is 2.32 bits per heavy atom. The molecule has 0 aromatic heterocycles. The number of rotatable bonds is 4. The van der Waals surface area contributed by atoms with Gasteiger partial charge in [0.2, 0.25) is 0 Å². The molecule has 1 heterocycles. The van der Waals surface area contributed by atoms with E-state index in [1.165, 1.54) is 24.3 Å². The van der Waals surface area contributed by atoms with Gasteiger partial charge in [0.25, 0.3) is 0 Å². The monoisotopic (exact) mass is 310 g/mol. The highest BCUT2D eigenvalue weighted by Gasteiger charge is 2.45. The van der Waals surface area contributed by atoms with Gasteiger partial charge in [-0.15, -0.1) is 0 Å². The van der Waals surface area contributed by atoms with Crippen LogP contribution in [0.4, 0.5) is 0 Å². The molecule has 2 rings (SSSR count). The van der Waals surface area contributed by atoms with Crippen LogP contribution in [0.5, 0.6) is 5.75 Å². The Bertz CT molecular complexity index is 537. The summed E-state index contributed by atoms with van der Waals surface area (Å²) in [5, 5.41) is 47.3. The van der Waals surface area contributed by atoms with Crippen LogP contribution in [0.1, 0.15) is 5.56 Å². The Balaban J connectivity index is 2.09. The number of phenolic OH excluding ortho intramolecular Hbond substituents is 1. The fourth-order valence-corrected chi connectivity index (χ4v) is 2.20. The number of carbonyl (C=O) groups is 1. The van der Waals surface area contributed by atoms with Crippen molar-refractivity contribution in [1.82, 2.24) is 0 Å². The highest BCUT2D eigenvalue weighted by Crippen LogP contribution is 2.22. The molecule has 0 bridgehead atoms. The van der Waals surface area contributed by atoms with Crippen molar-refractivity contribution in [1.29, 1.82) is 0 Å². The number of aromatic hydroxyl groups is 1. The van der Waals surface area contributed by atoms with Gasteiger partial charge in [-0.2, -0.15) is 0 Å². The molecule has 0 radical (unpaired) electrons. The van der Waals surface area contributed by atoms with E-state index in [4.69, 9.17) is 14.9 Å². The quantitative estimate of drug-likeness (QED) is 0.443. The van der Waals surface area contributed by atoms with Gasteiger partial charge in [0.1, 0.15) is 36.3 Å². The van der Waals surface area contributed by atoms with Crippen LogP contribution in [-0.2, 0) is 9.53 Å². The van der Waals surface area contributed by atoms with E-state index in [-0.39, 0.29) is 5.75 Å². The molecule has 5 atom stereocenters. The molecule has 1 aliphatic rings.